The Balaban J connectivity index is 2.13. The Kier molecular flexibility index (Phi) is 4.08. The van der Waals surface area contributed by atoms with Crippen molar-refractivity contribution in [1.29, 1.82) is 0 Å². The van der Waals surface area contributed by atoms with Gasteiger partial charge >= 0.3 is 5.97 Å². The second kappa shape index (κ2) is 5.51. The topological polar surface area (TPSA) is 57.6 Å². The lowest BCUT2D eigenvalue weighted by Gasteiger charge is -2.20. The maximum Gasteiger partial charge on any atom is 0.308 e. The predicted octanol–water partition coefficient (Wildman–Crippen LogP) is 2.78. The van der Waals surface area contributed by atoms with Gasteiger partial charge in [-0.15, -0.1) is 0 Å². The van der Waals surface area contributed by atoms with Crippen LogP contribution in [-0.2, 0) is 10.2 Å². The Morgan fingerprint density at radius 1 is 1.14 bits per heavy atom. The van der Waals surface area contributed by atoms with Gasteiger partial charge in [0.05, 0.1) is 5.92 Å². The van der Waals surface area contributed by atoms with E-state index in [0.29, 0.717) is 18.7 Å². The molecule has 0 aliphatic carbocycles. The summed E-state index contributed by atoms with van der Waals surface area (Å²) >= 11 is 0. The van der Waals surface area contributed by atoms with E-state index < -0.39 is 11.9 Å². The first-order valence-electron chi connectivity index (χ1n) is 7.33. The zero-order chi connectivity index (χ0) is 15.8. The second-order valence-corrected chi connectivity index (χ2v) is 6.96. The summed E-state index contributed by atoms with van der Waals surface area (Å²) in [5.74, 6) is -1.35. The summed E-state index contributed by atoms with van der Waals surface area (Å²) < 4.78 is 0. The molecule has 1 amide bonds. The normalized spacial score (nSPS) is 22.4. The zero-order valence-electron chi connectivity index (χ0n) is 13.1. The minimum absolute atomic E-state index is 0.000276. The molecule has 1 aliphatic rings. The Morgan fingerprint density at radius 2 is 1.71 bits per heavy atom. The van der Waals surface area contributed by atoms with E-state index in [1.54, 1.807) is 4.90 Å². The molecule has 4 nitrogen and oxygen atoms in total. The fourth-order valence-electron chi connectivity index (χ4n) is 2.75. The van der Waals surface area contributed by atoms with Crippen LogP contribution in [0.4, 0.5) is 0 Å². The van der Waals surface area contributed by atoms with Crippen LogP contribution < -0.4 is 0 Å². The van der Waals surface area contributed by atoms with E-state index >= 15 is 0 Å². The molecule has 0 unspecified atom stereocenters. The van der Waals surface area contributed by atoms with Crippen LogP contribution in [0.2, 0.25) is 0 Å². The second-order valence-electron chi connectivity index (χ2n) is 6.96. The summed E-state index contributed by atoms with van der Waals surface area (Å²) in [7, 11) is 0. The maximum atomic E-state index is 12.5. The molecule has 21 heavy (non-hydrogen) atoms. The maximum absolute atomic E-state index is 12.5. The summed E-state index contributed by atoms with van der Waals surface area (Å²) in [6.07, 6.45) is 0. The predicted molar refractivity (Wildman–Crippen MR) is 81.3 cm³/mol. The molecule has 4 heteroatoms. The summed E-state index contributed by atoms with van der Waals surface area (Å²) in [4.78, 5) is 25.2. The molecule has 2 rings (SSSR count). The van der Waals surface area contributed by atoms with Crippen LogP contribution in [0.1, 0.15) is 43.6 Å². The minimum Gasteiger partial charge on any atom is -0.481 e. The quantitative estimate of drug-likeness (QED) is 0.910. The number of nitrogens with zero attached hydrogens (tertiary/aromatic N) is 1. The van der Waals surface area contributed by atoms with Gasteiger partial charge in [0.2, 0.25) is 0 Å². The molecular formula is C17H23NO3. The van der Waals surface area contributed by atoms with Crippen molar-refractivity contribution in [3.63, 3.8) is 0 Å². The fraction of sp³-hybridized carbons (Fsp3) is 0.529. The number of aliphatic carboxylic acids is 1. The lowest BCUT2D eigenvalue weighted by Crippen LogP contribution is -2.30. The van der Waals surface area contributed by atoms with Crippen molar-refractivity contribution in [1.82, 2.24) is 4.90 Å². The van der Waals surface area contributed by atoms with Crippen LogP contribution in [0.15, 0.2) is 24.3 Å². The lowest BCUT2D eigenvalue weighted by molar-refractivity contribution is -0.142. The third-order valence-electron chi connectivity index (χ3n) is 4.21. The standard InChI is InChI=1S/C17H23NO3/c1-11-9-18(10-14(11)16(20)21)15(19)12-5-7-13(8-6-12)17(2,3)4/h5-8,11,14H,9-10H2,1-4H3,(H,20,21)/t11-,14-/m1/s1. The minimum atomic E-state index is -0.819. The molecule has 114 valence electrons. The Labute approximate surface area is 125 Å². The third kappa shape index (κ3) is 3.26. The molecule has 0 aromatic heterocycles. The number of likely N-dealkylation sites (tertiary alicyclic amines) is 1. The van der Waals surface area contributed by atoms with Crippen molar-refractivity contribution < 1.29 is 14.7 Å². The van der Waals surface area contributed by atoms with Crippen LogP contribution >= 0.6 is 0 Å². The van der Waals surface area contributed by atoms with E-state index in [9.17, 15) is 9.59 Å². The van der Waals surface area contributed by atoms with E-state index in [-0.39, 0.29) is 17.2 Å². The molecule has 0 bridgehead atoms. The molecule has 0 spiro atoms. The van der Waals surface area contributed by atoms with Gasteiger partial charge < -0.3 is 10.0 Å². The molecule has 1 aromatic carbocycles. The first kappa shape index (κ1) is 15.5. The molecule has 1 aliphatic heterocycles. The average Bonchev–Trinajstić information content (AvgIpc) is 2.79. The van der Waals surface area contributed by atoms with Crippen molar-refractivity contribution in [3.8, 4) is 0 Å². The highest BCUT2D eigenvalue weighted by Crippen LogP contribution is 2.26. The molecule has 2 atom stereocenters. The Morgan fingerprint density at radius 3 is 2.14 bits per heavy atom. The van der Waals surface area contributed by atoms with Crippen molar-refractivity contribution >= 4 is 11.9 Å². The van der Waals surface area contributed by atoms with Crippen LogP contribution in [0, 0.1) is 11.8 Å². The van der Waals surface area contributed by atoms with E-state index in [4.69, 9.17) is 5.11 Å². The third-order valence-corrected chi connectivity index (χ3v) is 4.21. The fourth-order valence-corrected chi connectivity index (χ4v) is 2.75. The highest BCUT2D eigenvalue weighted by molar-refractivity contribution is 5.95. The number of hydrogen-bond acceptors (Lipinski definition) is 2. The molecular weight excluding hydrogens is 266 g/mol. The van der Waals surface area contributed by atoms with E-state index in [0.717, 1.165) is 0 Å². The number of hydrogen-bond donors (Lipinski definition) is 1. The number of carbonyl (C=O) groups is 2. The van der Waals surface area contributed by atoms with Crippen molar-refractivity contribution in [2.45, 2.75) is 33.1 Å². The zero-order valence-corrected chi connectivity index (χ0v) is 13.1. The van der Waals surface area contributed by atoms with Gasteiger partial charge in [-0.2, -0.15) is 0 Å². The monoisotopic (exact) mass is 289 g/mol. The first-order chi connectivity index (χ1) is 9.70. The Bertz CT molecular complexity index is 542. The number of carboxylic acids is 1. The van der Waals surface area contributed by atoms with Gasteiger partial charge in [-0.05, 0) is 29.0 Å². The highest BCUT2D eigenvalue weighted by atomic mass is 16.4. The van der Waals surface area contributed by atoms with Crippen LogP contribution in [0.3, 0.4) is 0 Å². The number of benzene rings is 1. The summed E-state index contributed by atoms with van der Waals surface area (Å²) in [6, 6.07) is 7.62. The smallest absolute Gasteiger partial charge is 0.308 e. The number of rotatable bonds is 2. The van der Waals surface area contributed by atoms with Gasteiger partial charge in [0.15, 0.2) is 0 Å². The molecule has 1 aromatic rings. The SMILES string of the molecule is C[C@@H]1CN(C(=O)c2ccc(C(C)(C)C)cc2)C[C@H]1C(=O)O. The lowest BCUT2D eigenvalue weighted by atomic mass is 9.86. The number of carbonyl (C=O) groups excluding carboxylic acids is 1. The number of carboxylic acid groups (broad SMARTS) is 1. The van der Waals surface area contributed by atoms with Gasteiger partial charge in [0.25, 0.3) is 5.91 Å². The molecule has 0 radical (unpaired) electrons. The molecule has 1 saturated heterocycles. The van der Waals surface area contributed by atoms with Gasteiger partial charge in [-0.3, -0.25) is 9.59 Å². The van der Waals surface area contributed by atoms with Gasteiger partial charge in [-0.25, -0.2) is 0 Å². The summed E-state index contributed by atoms with van der Waals surface area (Å²) in [5, 5.41) is 9.14. The van der Waals surface area contributed by atoms with Crippen molar-refractivity contribution in [2.75, 3.05) is 13.1 Å². The summed E-state index contributed by atoms with van der Waals surface area (Å²) in [6.45, 7) is 9.08. The molecule has 1 N–H and O–H groups in total. The van der Waals surface area contributed by atoms with Crippen molar-refractivity contribution in [3.05, 3.63) is 35.4 Å². The average molecular weight is 289 g/mol. The van der Waals surface area contributed by atoms with Crippen LogP contribution in [0.5, 0.6) is 0 Å². The van der Waals surface area contributed by atoms with Crippen LogP contribution in [-0.4, -0.2) is 35.0 Å². The van der Waals surface area contributed by atoms with E-state index in [1.807, 2.05) is 31.2 Å². The molecule has 1 heterocycles. The number of amides is 1. The Hall–Kier alpha value is -1.84. The highest BCUT2D eigenvalue weighted by Gasteiger charge is 2.37. The van der Waals surface area contributed by atoms with E-state index in [1.165, 1.54) is 5.56 Å². The largest absolute Gasteiger partial charge is 0.481 e. The van der Waals surface area contributed by atoms with Crippen molar-refractivity contribution in [2.24, 2.45) is 11.8 Å². The van der Waals surface area contributed by atoms with Gasteiger partial charge in [0, 0.05) is 18.7 Å². The van der Waals surface area contributed by atoms with E-state index in [2.05, 4.69) is 20.8 Å². The van der Waals surface area contributed by atoms with Gasteiger partial charge in [0.1, 0.15) is 0 Å². The molecule has 0 saturated carbocycles. The van der Waals surface area contributed by atoms with Gasteiger partial charge in [-0.1, -0.05) is 39.8 Å². The molecule has 1 fully saturated rings. The summed E-state index contributed by atoms with van der Waals surface area (Å²) in [5.41, 5.74) is 1.86. The first-order valence-corrected chi connectivity index (χ1v) is 7.33. The van der Waals surface area contributed by atoms with Crippen LogP contribution in [0.25, 0.3) is 0 Å².